The van der Waals surface area contributed by atoms with Crippen LogP contribution in [0.4, 0.5) is 0 Å². The zero-order chi connectivity index (χ0) is 10.5. The summed E-state index contributed by atoms with van der Waals surface area (Å²) >= 11 is 0. The van der Waals surface area contributed by atoms with E-state index in [0.717, 1.165) is 18.6 Å². The molecule has 0 bridgehead atoms. The van der Waals surface area contributed by atoms with Gasteiger partial charge in [0.1, 0.15) is 5.76 Å². The molecule has 1 aliphatic rings. The highest BCUT2D eigenvalue weighted by atomic mass is 16.7. The second kappa shape index (κ2) is 4.98. The van der Waals surface area contributed by atoms with Gasteiger partial charge in [-0.25, -0.2) is 0 Å². The van der Waals surface area contributed by atoms with Gasteiger partial charge in [-0.3, -0.25) is 4.79 Å². The first kappa shape index (κ1) is 10.2. The average molecular weight is 210 g/mol. The monoisotopic (exact) mass is 210 g/mol. The topological polar surface area (TPSA) is 48.7 Å². The van der Waals surface area contributed by atoms with Crippen LogP contribution in [-0.4, -0.2) is 18.9 Å². The molecule has 0 aliphatic carbocycles. The van der Waals surface area contributed by atoms with Crippen LogP contribution in [0.15, 0.2) is 22.8 Å². The van der Waals surface area contributed by atoms with Crippen molar-refractivity contribution in [3.8, 4) is 0 Å². The van der Waals surface area contributed by atoms with Crippen LogP contribution in [0.1, 0.15) is 25.0 Å². The summed E-state index contributed by atoms with van der Waals surface area (Å²) in [6, 6.07) is 3.65. The van der Waals surface area contributed by atoms with E-state index in [0.29, 0.717) is 19.4 Å². The lowest BCUT2D eigenvalue weighted by Crippen LogP contribution is -2.16. The minimum absolute atomic E-state index is 0.224. The van der Waals surface area contributed by atoms with Gasteiger partial charge in [-0.05, 0) is 18.6 Å². The first-order chi connectivity index (χ1) is 7.34. The maximum atomic E-state index is 11.4. The van der Waals surface area contributed by atoms with E-state index in [1.165, 1.54) is 0 Å². The predicted octanol–water partition coefficient (Wildman–Crippen LogP) is 1.89. The van der Waals surface area contributed by atoms with Gasteiger partial charge < -0.3 is 13.9 Å². The van der Waals surface area contributed by atoms with Crippen LogP contribution in [0.25, 0.3) is 0 Å². The predicted molar refractivity (Wildman–Crippen MR) is 52.1 cm³/mol. The van der Waals surface area contributed by atoms with E-state index in [9.17, 15) is 4.79 Å². The molecule has 1 atom stereocenters. The van der Waals surface area contributed by atoms with Gasteiger partial charge >= 0.3 is 5.97 Å². The molecule has 1 aliphatic heterocycles. The molecule has 2 rings (SSSR count). The van der Waals surface area contributed by atoms with E-state index in [1.54, 1.807) is 12.3 Å². The summed E-state index contributed by atoms with van der Waals surface area (Å²) in [6.45, 7) is 0.691. The number of furan rings is 1. The molecule has 0 aromatic carbocycles. The molecule has 0 saturated carbocycles. The summed E-state index contributed by atoms with van der Waals surface area (Å²) in [6.07, 6.45) is 3.98. The molecular weight excluding hydrogens is 196 g/mol. The van der Waals surface area contributed by atoms with Crippen molar-refractivity contribution in [2.75, 3.05) is 6.61 Å². The molecule has 1 fully saturated rings. The number of aryl methyl sites for hydroxylation is 1. The second-order valence-corrected chi connectivity index (χ2v) is 3.51. The number of carbonyl (C=O) groups excluding carboxylic acids is 1. The molecule has 0 spiro atoms. The number of ether oxygens (including phenoxy) is 2. The standard InChI is InChI=1S/C11H14O4/c12-10(15-11-4-2-8-14-11)6-5-9-3-1-7-13-9/h1,3,7,11H,2,4-6,8H2. The molecule has 0 N–H and O–H groups in total. The number of hydrogen-bond acceptors (Lipinski definition) is 4. The van der Waals surface area contributed by atoms with E-state index in [4.69, 9.17) is 13.9 Å². The Hall–Kier alpha value is -1.29. The molecule has 0 radical (unpaired) electrons. The molecule has 15 heavy (non-hydrogen) atoms. The number of esters is 1. The number of rotatable bonds is 4. The van der Waals surface area contributed by atoms with E-state index in [2.05, 4.69) is 0 Å². The highest BCUT2D eigenvalue weighted by Crippen LogP contribution is 2.14. The summed E-state index contributed by atoms with van der Waals surface area (Å²) in [7, 11) is 0. The van der Waals surface area contributed by atoms with Crippen LogP contribution < -0.4 is 0 Å². The van der Waals surface area contributed by atoms with Crippen molar-refractivity contribution in [3.05, 3.63) is 24.2 Å². The molecular formula is C11H14O4. The number of carbonyl (C=O) groups is 1. The molecule has 2 heterocycles. The van der Waals surface area contributed by atoms with Crippen LogP contribution in [-0.2, 0) is 20.7 Å². The fourth-order valence-corrected chi connectivity index (χ4v) is 1.53. The Morgan fingerprint density at radius 2 is 2.53 bits per heavy atom. The third-order valence-electron chi connectivity index (χ3n) is 2.31. The van der Waals surface area contributed by atoms with E-state index in [-0.39, 0.29) is 12.3 Å². The third-order valence-corrected chi connectivity index (χ3v) is 2.31. The van der Waals surface area contributed by atoms with Gasteiger partial charge in [0, 0.05) is 12.8 Å². The lowest BCUT2D eigenvalue weighted by Gasteiger charge is -2.10. The third kappa shape index (κ3) is 3.09. The van der Waals surface area contributed by atoms with Crippen molar-refractivity contribution in [1.29, 1.82) is 0 Å². The molecule has 1 aromatic heterocycles. The summed E-state index contributed by atoms with van der Waals surface area (Å²) in [4.78, 5) is 11.4. The minimum atomic E-state index is -0.325. The van der Waals surface area contributed by atoms with Crippen LogP contribution in [0, 0.1) is 0 Å². The Morgan fingerprint density at radius 3 is 3.20 bits per heavy atom. The van der Waals surface area contributed by atoms with Crippen molar-refractivity contribution in [2.45, 2.75) is 32.0 Å². The maximum Gasteiger partial charge on any atom is 0.308 e. The fraction of sp³-hybridized carbons (Fsp3) is 0.545. The zero-order valence-corrected chi connectivity index (χ0v) is 8.48. The second-order valence-electron chi connectivity index (χ2n) is 3.51. The van der Waals surface area contributed by atoms with Crippen LogP contribution >= 0.6 is 0 Å². The quantitative estimate of drug-likeness (QED) is 0.712. The van der Waals surface area contributed by atoms with Crippen molar-refractivity contribution in [1.82, 2.24) is 0 Å². The largest absolute Gasteiger partial charge is 0.469 e. The van der Waals surface area contributed by atoms with Crippen LogP contribution in [0.2, 0.25) is 0 Å². The molecule has 1 aromatic rings. The number of hydrogen-bond donors (Lipinski definition) is 0. The zero-order valence-electron chi connectivity index (χ0n) is 8.48. The molecule has 82 valence electrons. The Bertz CT molecular complexity index is 298. The minimum Gasteiger partial charge on any atom is -0.469 e. The highest BCUT2D eigenvalue weighted by Gasteiger charge is 2.19. The highest BCUT2D eigenvalue weighted by molar-refractivity contribution is 5.69. The summed E-state index contributed by atoms with van der Waals surface area (Å²) in [5, 5.41) is 0. The van der Waals surface area contributed by atoms with Crippen LogP contribution in [0.3, 0.4) is 0 Å². The first-order valence-electron chi connectivity index (χ1n) is 5.18. The molecule has 1 unspecified atom stereocenters. The summed E-state index contributed by atoms with van der Waals surface area (Å²) in [5.41, 5.74) is 0. The Balaban J connectivity index is 1.68. The molecule has 0 amide bonds. The van der Waals surface area contributed by atoms with Gasteiger partial charge in [0.15, 0.2) is 0 Å². The van der Waals surface area contributed by atoms with E-state index in [1.807, 2.05) is 6.07 Å². The lowest BCUT2D eigenvalue weighted by atomic mass is 10.2. The van der Waals surface area contributed by atoms with Crippen LogP contribution in [0.5, 0.6) is 0 Å². The fourth-order valence-electron chi connectivity index (χ4n) is 1.53. The SMILES string of the molecule is O=C(CCc1ccco1)OC1CCCO1. The van der Waals surface area contributed by atoms with E-state index >= 15 is 0 Å². The van der Waals surface area contributed by atoms with Gasteiger partial charge in [0.25, 0.3) is 0 Å². The Kier molecular flexibility index (Phi) is 3.40. The normalized spacial score (nSPS) is 20.4. The lowest BCUT2D eigenvalue weighted by molar-refractivity contribution is -0.169. The van der Waals surface area contributed by atoms with Crippen molar-refractivity contribution in [3.63, 3.8) is 0 Å². The van der Waals surface area contributed by atoms with E-state index < -0.39 is 0 Å². The Labute approximate surface area is 88.2 Å². The maximum absolute atomic E-state index is 11.4. The summed E-state index contributed by atoms with van der Waals surface area (Å²) < 4.78 is 15.4. The summed E-state index contributed by atoms with van der Waals surface area (Å²) in [5.74, 6) is 0.581. The van der Waals surface area contributed by atoms with Crippen molar-refractivity contribution in [2.24, 2.45) is 0 Å². The van der Waals surface area contributed by atoms with Gasteiger partial charge in [0.05, 0.1) is 19.3 Å². The average Bonchev–Trinajstić information content (AvgIpc) is 2.86. The smallest absolute Gasteiger partial charge is 0.308 e. The van der Waals surface area contributed by atoms with Gasteiger partial charge in [-0.1, -0.05) is 0 Å². The molecule has 4 heteroatoms. The first-order valence-corrected chi connectivity index (χ1v) is 5.18. The van der Waals surface area contributed by atoms with Crippen molar-refractivity contribution >= 4 is 5.97 Å². The van der Waals surface area contributed by atoms with Gasteiger partial charge in [-0.15, -0.1) is 0 Å². The Morgan fingerprint density at radius 1 is 1.60 bits per heavy atom. The van der Waals surface area contributed by atoms with Gasteiger partial charge in [-0.2, -0.15) is 0 Å². The molecule has 4 nitrogen and oxygen atoms in total. The van der Waals surface area contributed by atoms with Gasteiger partial charge in [0.2, 0.25) is 6.29 Å². The molecule has 1 saturated heterocycles. The van der Waals surface area contributed by atoms with Crippen molar-refractivity contribution < 1.29 is 18.7 Å².